The van der Waals surface area contributed by atoms with Crippen LogP contribution >= 0.6 is 0 Å². The van der Waals surface area contributed by atoms with Gasteiger partial charge in [-0.15, -0.1) is 0 Å². The molecule has 20 heavy (non-hydrogen) atoms. The first-order valence-corrected chi connectivity index (χ1v) is 7.07. The number of aromatic nitrogens is 3. The van der Waals surface area contributed by atoms with Crippen molar-refractivity contribution in [2.75, 3.05) is 6.61 Å². The molecule has 108 valence electrons. The molecule has 0 amide bonds. The monoisotopic (exact) mass is 274 g/mol. The first kappa shape index (κ1) is 14.5. The summed E-state index contributed by atoms with van der Waals surface area (Å²) in [5.74, 6) is 0.810. The van der Waals surface area contributed by atoms with Gasteiger partial charge in [-0.2, -0.15) is 0 Å². The zero-order valence-corrected chi connectivity index (χ0v) is 11.9. The molecule has 0 aliphatic rings. The van der Waals surface area contributed by atoms with Gasteiger partial charge in [0.2, 0.25) is 0 Å². The van der Waals surface area contributed by atoms with Crippen LogP contribution in [-0.2, 0) is 13.0 Å². The molecule has 0 aromatic carbocycles. The normalized spacial score (nSPS) is 12.3. The van der Waals surface area contributed by atoms with E-state index in [1.54, 1.807) is 12.4 Å². The van der Waals surface area contributed by atoms with Crippen LogP contribution in [0.1, 0.15) is 25.5 Å². The van der Waals surface area contributed by atoms with Gasteiger partial charge in [-0.3, -0.25) is 4.98 Å². The third-order valence-electron chi connectivity index (χ3n) is 3.18. The second-order valence-corrected chi connectivity index (χ2v) is 4.86. The van der Waals surface area contributed by atoms with Crippen LogP contribution in [0.15, 0.2) is 37.1 Å². The van der Waals surface area contributed by atoms with Gasteiger partial charge in [0.15, 0.2) is 0 Å². The Kier molecular flexibility index (Phi) is 5.55. The van der Waals surface area contributed by atoms with Gasteiger partial charge in [-0.1, -0.05) is 6.92 Å². The van der Waals surface area contributed by atoms with E-state index < -0.39 is 0 Å². The van der Waals surface area contributed by atoms with Crippen LogP contribution in [0, 0.1) is 0 Å². The summed E-state index contributed by atoms with van der Waals surface area (Å²) in [7, 11) is 0. The molecule has 2 rings (SSSR count). The highest BCUT2D eigenvalue weighted by Gasteiger charge is 2.03. The molecule has 1 unspecified atom stereocenters. The van der Waals surface area contributed by atoms with Crippen LogP contribution in [0.2, 0.25) is 0 Å². The highest BCUT2D eigenvalue weighted by atomic mass is 16.5. The van der Waals surface area contributed by atoms with E-state index in [1.807, 2.05) is 29.2 Å². The van der Waals surface area contributed by atoms with Gasteiger partial charge < -0.3 is 15.0 Å². The van der Waals surface area contributed by atoms with E-state index in [0.29, 0.717) is 6.61 Å². The molecule has 0 spiro atoms. The number of nitrogens with two attached hydrogens (primary N) is 1. The molecule has 0 bridgehead atoms. The highest BCUT2D eigenvalue weighted by Crippen LogP contribution is 2.11. The summed E-state index contributed by atoms with van der Waals surface area (Å²) in [4.78, 5) is 8.38. The van der Waals surface area contributed by atoms with Gasteiger partial charge in [0, 0.05) is 37.1 Å². The Morgan fingerprint density at radius 2 is 2.30 bits per heavy atom. The van der Waals surface area contributed by atoms with Crippen molar-refractivity contribution in [3.63, 3.8) is 0 Å². The molecule has 5 heteroatoms. The van der Waals surface area contributed by atoms with E-state index >= 15 is 0 Å². The fourth-order valence-corrected chi connectivity index (χ4v) is 1.89. The Bertz CT molecular complexity index is 481. The van der Waals surface area contributed by atoms with Gasteiger partial charge in [0.05, 0.1) is 19.1 Å². The number of rotatable bonds is 8. The smallest absolute Gasteiger partial charge is 0.137 e. The number of hydrogen-bond acceptors (Lipinski definition) is 4. The number of imidazole rings is 1. The second-order valence-electron chi connectivity index (χ2n) is 4.86. The van der Waals surface area contributed by atoms with Crippen LogP contribution in [0.5, 0.6) is 5.75 Å². The molecule has 0 saturated heterocycles. The maximum Gasteiger partial charge on any atom is 0.137 e. The summed E-state index contributed by atoms with van der Waals surface area (Å²) in [6.07, 6.45) is 10.0. The lowest BCUT2D eigenvalue weighted by Gasteiger charge is -2.09. The topological polar surface area (TPSA) is 66.0 Å². The Morgan fingerprint density at radius 1 is 1.40 bits per heavy atom. The molecule has 2 aromatic rings. The third kappa shape index (κ3) is 4.66. The van der Waals surface area contributed by atoms with Gasteiger partial charge in [0.1, 0.15) is 5.75 Å². The van der Waals surface area contributed by atoms with E-state index in [1.165, 1.54) is 0 Å². The van der Waals surface area contributed by atoms with E-state index in [-0.39, 0.29) is 6.04 Å². The summed E-state index contributed by atoms with van der Waals surface area (Å²) in [6, 6.07) is 4.13. The van der Waals surface area contributed by atoms with E-state index in [2.05, 4.69) is 16.9 Å². The number of nitrogens with zero attached hydrogens (tertiary/aromatic N) is 3. The predicted molar refractivity (Wildman–Crippen MR) is 78.5 cm³/mol. The molecule has 0 fully saturated rings. The summed E-state index contributed by atoms with van der Waals surface area (Å²) >= 11 is 0. The largest absolute Gasteiger partial charge is 0.492 e. The van der Waals surface area contributed by atoms with E-state index in [0.717, 1.165) is 37.3 Å². The van der Waals surface area contributed by atoms with Crippen molar-refractivity contribution in [3.05, 3.63) is 42.7 Å². The van der Waals surface area contributed by atoms with E-state index in [4.69, 9.17) is 10.5 Å². The molecule has 0 saturated carbocycles. The van der Waals surface area contributed by atoms with Crippen molar-refractivity contribution >= 4 is 0 Å². The Hall–Kier alpha value is -1.88. The maximum atomic E-state index is 5.91. The number of pyridine rings is 1. The highest BCUT2D eigenvalue weighted by molar-refractivity contribution is 5.20. The van der Waals surface area contributed by atoms with Crippen molar-refractivity contribution < 1.29 is 4.74 Å². The first-order chi connectivity index (χ1) is 9.78. The third-order valence-corrected chi connectivity index (χ3v) is 3.18. The van der Waals surface area contributed by atoms with Crippen molar-refractivity contribution in [2.45, 2.75) is 38.8 Å². The Morgan fingerprint density at radius 3 is 2.95 bits per heavy atom. The number of hydrogen-bond donors (Lipinski definition) is 1. The standard InChI is InChI=1S/C15H22N4O/c1-2-13(16)10-14-4-5-15(11-18-14)20-9-3-7-19-8-6-17-12-19/h4-6,8,11-13H,2-3,7,9-10,16H2,1H3. The Labute approximate surface area is 119 Å². The van der Waals surface area contributed by atoms with Gasteiger partial charge in [-0.25, -0.2) is 4.98 Å². The summed E-state index contributed by atoms with van der Waals surface area (Å²) in [6.45, 7) is 3.67. The lowest BCUT2D eigenvalue weighted by molar-refractivity contribution is 0.300. The van der Waals surface area contributed by atoms with Crippen LogP contribution in [0.3, 0.4) is 0 Å². The molecule has 2 N–H and O–H groups in total. The van der Waals surface area contributed by atoms with Crippen LogP contribution < -0.4 is 10.5 Å². The first-order valence-electron chi connectivity index (χ1n) is 7.07. The molecule has 0 aliphatic carbocycles. The van der Waals surface area contributed by atoms with Crippen molar-refractivity contribution in [2.24, 2.45) is 5.73 Å². The molecule has 0 aliphatic heterocycles. The number of aryl methyl sites for hydroxylation is 1. The van der Waals surface area contributed by atoms with E-state index in [9.17, 15) is 0 Å². The molecular weight excluding hydrogens is 252 g/mol. The molecule has 0 radical (unpaired) electrons. The lowest BCUT2D eigenvalue weighted by atomic mass is 10.1. The molecule has 2 heterocycles. The van der Waals surface area contributed by atoms with Crippen LogP contribution in [-0.4, -0.2) is 27.2 Å². The molecule has 1 atom stereocenters. The summed E-state index contributed by atoms with van der Waals surface area (Å²) < 4.78 is 7.70. The average molecular weight is 274 g/mol. The van der Waals surface area contributed by atoms with Crippen LogP contribution in [0.25, 0.3) is 0 Å². The number of ether oxygens (including phenoxy) is 1. The summed E-state index contributed by atoms with van der Waals surface area (Å²) in [5, 5.41) is 0. The molecular formula is C15H22N4O. The minimum Gasteiger partial charge on any atom is -0.492 e. The fraction of sp³-hybridized carbons (Fsp3) is 0.467. The van der Waals surface area contributed by atoms with Gasteiger partial charge in [-0.05, 0) is 25.0 Å². The SMILES string of the molecule is CCC(N)Cc1ccc(OCCCn2ccnc2)cn1. The summed E-state index contributed by atoms with van der Waals surface area (Å²) in [5.41, 5.74) is 6.93. The quantitative estimate of drug-likeness (QED) is 0.748. The van der Waals surface area contributed by atoms with Gasteiger partial charge >= 0.3 is 0 Å². The molecule has 2 aromatic heterocycles. The lowest BCUT2D eigenvalue weighted by Crippen LogP contribution is -2.21. The van der Waals surface area contributed by atoms with Crippen LogP contribution in [0.4, 0.5) is 0 Å². The molecule has 5 nitrogen and oxygen atoms in total. The average Bonchev–Trinajstić information content (AvgIpc) is 2.98. The minimum atomic E-state index is 0.185. The fourth-order valence-electron chi connectivity index (χ4n) is 1.89. The van der Waals surface area contributed by atoms with Crippen molar-refractivity contribution in [1.82, 2.24) is 14.5 Å². The van der Waals surface area contributed by atoms with Crippen molar-refractivity contribution in [3.8, 4) is 5.75 Å². The minimum absolute atomic E-state index is 0.185. The van der Waals surface area contributed by atoms with Crippen molar-refractivity contribution in [1.29, 1.82) is 0 Å². The second kappa shape index (κ2) is 7.65. The predicted octanol–water partition coefficient (Wildman–Crippen LogP) is 2.03. The Balaban J connectivity index is 1.70. The maximum absolute atomic E-state index is 5.91. The zero-order valence-electron chi connectivity index (χ0n) is 11.9. The van der Waals surface area contributed by atoms with Gasteiger partial charge in [0.25, 0.3) is 0 Å². The zero-order chi connectivity index (χ0) is 14.2.